The molecule has 6 nitrogen and oxygen atoms in total. The van der Waals surface area contributed by atoms with Gasteiger partial charge < -0.3 is 14.1 Å². The molecule has 0 radical (unpaired) electrons. The average molecular weight is 308 g/mol. The first-order valence-corrected chi connectivity index (χ1v) is 7.55. The van der Waals surface area contributed by atoms with Crippen LogP contribution in [-0.4, -0.2) is 59.5 Å². The minimum Gasteiger partial charge on any atom is -0.461 e. The van der Waals surface area contributed by atoms with E-state index in [9.17, 15) is 9.59 Å². The van der Waals surface area contributed by atoms with Crippen molar-refractivity contribution >= 4 is 11.9 Å². The standard InChI is InChI=1S/C16H24N2O4/c1-12-10-18(15(20)22-16(2,3)4)8-7-17(12)11-13(19)14-6-5-9-21-14/h5-6,9,12H,7-8,10-11H2,1-4H3/t12-/m1/s1. The van der Waals surface area contributed by atoms with Crippen molar-refractivity contribution in [3.05, 3.63) is 24.2 Å². The van der Waals surface area contributed by atoms with Crippen LogP contribution >= 0.6 is 0 Å². The smallest absolute Gasteiger partial charge is 0.410 e. The molecule has 2 heterocycles. The van der Waals surface area contributed by atoms with Crippen molar-refractivity contribution in [2.24, 2.45) is 0 Å². The Morgan fingerprint density at radius 3 is 2.64 bits per heavy atom. The van der Waals surface area contributed by atoms with Crippen LogP contribution in [0.15, 0.2) is 22.8 Å². The van der Waals surface area contributed by atoms with Crippen molar-refractivity contribution in [3.63, 3.8) is 0 Å². The van der Waals surface area contributed by atoms with Gasteiger partial charge in [-0.15, -0.1) is 0 Å². The summed E-state index contributed by atoms with van der Waals surface area (Å²) in [5.41, 5.74) is -0.493. The van der Waals surface area contributed by atoms with E-state index in [-0.39, 0.29) is 17.9 Å². The molecule has 122 valence electrons. The number of ether oxygens (including phenoxy) is 1. The predicted octanol–water partition coefficient (Wildman–Crippen LogP) is 2.40. The Kier molecular flexibility index (Phi) is 4.90. The lowest BCUT2D eigenvalue weighted by Gasteiger charge is -2.39. The molecule has 1 aliphatic rings. The molecule has 1 aromatic heterocycles. The number of Topliss-reactive ketones (excluding diaryl/α,β-unsaturated/α-hetero) is 1. The van der Waals surface area contributed by atoms with Gasteiger partial charge in [-0.05, 0) is 39.8 Å². The van der Waals surface area contributed by atoms with Gasteiger partial charge in [-0.1, -0.05) is 0 Å². The third kappa shape index (κ3) is 4.34. The van der Waals surface area contributed by atoms with E-state index in [1.54, 1.807) is 17.0 Å². The number of hydrogen-bond acceptors (Lipinski definition) is 5. The van der Waals surface area contributed by atoms with E-state index in [0.717, 1.165) is 0 Å². The first-order chi connectivity index (χ1) is 10.3. The number of amides is 1. The summed E-state index contributed by atoms with van der Waals surface area (Å²) in [6.45, 7) is 9.63. The molecular weight excluding hydrogens is 284 g/mol. The Balaban J connectivity index is 1.87. The zero-order valence-corrected chi connectivity index (χ0v) is 13.7. The molecule has 0 aliphatic carbocycles. The molecule has 1 atom stereocenters. The fourth-order valence-electron chi connectivity index (χ4n) is 2.42. The van der Waals surface area contributed by atoms with Gasteiger partial charge in [0.2, 0.25) is 5.78 Å². The number of hydrogen-bond donors (Lipinski definition) is 0. The van der Waals surface area contributed by atoms with Crippen molar-refractivity contribution in [3.8, 4) is 0 Å². The molecular formula is C16H24N2O4. The number of carbonyl (C=O) groups excluding carboxylic acids is 2. The van der Waals surface area contributed by atoms with Gasteiger partial charge in [0.25, 0.3) is 0 Å². The first-order valence-electron chi connectivity index (χ1n) is 7.55. The molecule has 1 aliphatic heterocycles. The van der Waals surface area contributed by atoms with Crippen LogP contribution in [-0.2, 0) is 4.74 Å². The Morgan fingerprint density at radius 1 is 1.36 bits per heavy atom. The van der Waals surface area contributed by atoms with E-state index in [4.69, 9.17) is 9.15 Å². The van der Waals surface area contributed by atoms with Gasteiger partial charge in [0.15, 0.2) is 5.76 Å². The third-order valence-electron chi connectivity index (χ3n) is 3.56. The highest BCUT2D eigenvalue weighted by Gasteiger charge is 2.30. The summed E-state index contributed by atoms with van der Waals surface area (Å²) in [5, 5.41) is 0. The molecule has 1 fully saturated rings. The normalized spacial score (nSPS) is 20.0. The Bertz CT molecular complexity index is 519. The summed E-state index contributed by atoms with van der Waals surface area (Å²) in [6.07, 6.45) is 1.20. The highest BCUT2D eigenvalue weighted by Crippen LogP contribution is 2.15. The Labute approximate surface area is 131 Å². The van der Waals surface area contributed by atoms with E-state index in [1.807, 2.05) is 27.7 Å². The highest BCUT2D eigenvalue weighted by molar-refractivity contribution is 5.95. The molecule has 22 heavy (non-hydrogen) atoms. The highest BCUT2D eigenvalue weighted by atomic mass is 16.6. The summed E-state index contributed by atoms with van der Waals surface area (Å²) in [5.74, 6) is 0.337. The zero-order chi connectivity index (χ0) is 16.3. The number of nitrogens with zero attached hydrogens (tertiary/aromatic N) is 2. The van der Waals surface area contributed by atoms with Crippen LogP contribution in [0.4, 0.5) is 4.79 Å². The molecule has 1 amide bonds. The molecule has 0 aromatic carbocycles. The van der Waals surface area contributed by atoms with Gasteiger partial charge in [0.1, 0.15) is 5.60 Å². The second-order valence-electron chi connectivity index (χ2n) is 6.65. The van der Waals surface area contributed by atoms with E-state index in [2.05, 4.69) is 4.90 Å². The third-order valence-corrected chi connectivity index (χ3v) is 3.56. The van der Waals surface area contributed by atoms with Gasteiger partial charge >= 0.3 is 6.09 Å². The van der Waals surface area contributed by atoms with Gasteiger partial charge in [-0.2, -0.15) is 0 Å². The molecule has 0 spiro atoms. The second kappa shape index (κ2) is 6.52. The van der Waals surface area contributed by atoms with Crippen LogP contribution in [0, 0.1) is 0 Å². The molecule has 6 heteroatoms. The molecule has 1 saturated heterocycles. The van der Waals surface area contributed by atoms with E-state index in [1.165, 1.54) is 6.26 Å². The van der Waals surface area contributed by atoms with Crippen LogP contribution in [0.3, 0.4) is 0 Å². The van der Waals surface area contributed by atoms with Gasteiger partial charge in [0, 0.05) is 25.7 Å². The monoisotopic (exact) mass is 308 g/mol. The fourth-order valence-corrected chi connectivity index (χ4v) is 2.42. The molecule has 0 bridgehead atoms. The SMILES string of the molecule is C[C@@H]1CN(C(=O)OC(C)(C)C)CCN1CC(=O)c1ccco1. The quantitative estimate of drug-likeness (QED) is 0.802. The van der Waals surface area contributed by atoms with Crippen LogP contribution in [0.2, 0.25) is 0 Å². The van der Waals surface area contributed by atoms with Crippen molar-refractivity contribution in [1.82, 2.24) is 9.80 Å². The van der Waals surface area contributed by atoms with Crippen LogP contribution in [0.25, 0.3) is 0 Å². The minimum atomic E-state index is -0.493. The Morgan fingerprint density at radius 2 is 2.09 bits per heavy atom. The summed E-state index contributed by atoms with van der Waals surface area (Å²) in [7, 11) is 0. The zero-order valence-electron chi connectivity index (χ0n) is 13.7. The van der Waals surface area contributed by atoms with E-state index >= 15 is 0 Å². The lowest BCUT2D eigenvalue weighted by Crippen LogP contribution is -2.55. The van der Waals surface area contributed by atoms with E-state index in [0.29, 0.717) is 31.9 Å². The van der Waals surface area contributed by atoms with Crippen molar-refractivity contribution in [2.75, 3.05) is 26.2 Å². The van der Waals surface area contributed by atoms with Crippen molar-refractivity contribution in [1.29, 1.82) is 0 Å². The largest absolute Gasteiger partial charge is 0.461 e. The van der Waals surface area contributed by atoms with Crippen molar-refractivity contribution < 1.29 is 18.7 Å². The predicted molar refractivity (Wildman–Crippen MR) is 81.9 cm³/mol. The maximum absolute atomic E-state index is 12.1. The summed E-state index contributed by atoms with van der Waals surface area (Å²) < 4.78 is 10.5. The number of piperazine rings is 1. The average Bonchev–Trinajstić information content (AvgIpc) is 2.93. The number of carbonyl (C=O) groups is 2. The van der Waals surface area contributed by atoms with Crippen molar-refractivity contribution in [2.45, 2.75) is 39.3 Å². The number of ketones is 1. The lowest BCUT2D eigenvalue weighted by atomic mass is 10.1. The number of furan rings is 1. The lowest BCUT2D eigenvalue weighted by molar-refractivity contribution is 0.00646. The van der Waals surface area contributed by atoms with Gasteiger partial charge in [0.05, 0.1) is 12.8 Å². The topological polar surface area (TPSA) is 63.0 Å². The molecule has 0 saturated carbocycles. The van der Waals surface area contributed by atoms with Crippen LogP contribution in [0.1, 0.15) is 38.2 Å². The summed E-state index contributed by atoms with van der Waals surface area (Å²) in [6, 6.07) is 3.47. The van der Waals surface area contributed by atoms with Crippen LogP contribution in [0.5, 0.6) is 0 Å². The second-order valence-corrected chi connectivity index (χ2v) is 6.65. The van der Waals surface area contributed by atoms with Gasteiger partial charge in [-0.3, -0.25) is 9.69 Å². The first kappa shape index (κ1) is 16.5. The summed E-state index contributed by atoms with van der Waals surface area (Å²) >= 11 is 0. The fraction of sp³-hybridized carbons (Fsp3) is 0.625. The minimum absolute atomic E-state index is 0.0393. The Hall–Kier alpha value is -1.82. The summed E-state index contributed by atoms with van der Waals surface area (Å²) in [4.78, 5) is 27.9. The molecule has 0 N–H and O–H groups in total. The van der Waals surface area contributed by atoms with E-state index < -0.39 is 5.60 Å². The maximum Gasteiger partial charge on any atom is 0.410 e. The molecule has 0 unspecified atom stereocenters. The molecule has 2 rings (SSSR count). The van der Waals surface area contributed by atoms with Crippen LogP contribution < -0.4 is 0 Å². The number of rotatable bonds is 3. The van der Waals surface area contributed by atoms with Gasteiger partial charge in [-0.25, -0.2) is 4.79 Å². The molecule has 1 aromatic rings. The maximum atomic E-state index is 12.1.